The summed E-state index contributed by atoms with van der Waals surface area (Å²) < 4.78 is 38.5. The summed E-state index contributed by atoms with van der Waals surface area (Å²) in [4.78, 5) is 0. The van der Waals surface area contributed by atoms with Gasteiger partial charge in [0.2, 0.25) is 0 Å². The minimum atomic E-state index is -1.42. The van der Waals surface area contributed by atoms with Crippen LogP contribution in [-0.4, -0.2) is 0 Å². The fourth-order valence-corrected chi connectivity index (χ4v) is 2.22. The molecule has 0 fully saturated rings. The fourth-order valence-electron chi connectivity index (χ4n) is 1.96. The van der Waals surface area contributed by atoms with Gasteiger partial charge in [-0.25, -0.2) is 0 Å². The normalized spacial score (nSPS) is 12.6. The van der Waals surface area contributed by atoms with Gasteiger partial charge < -0.3 is 9.47 Å². The van der Waals surface area contributed by atoms with Gasteiger partial charge in [0.05, 0.1) is 0 Å². The SMILES string of the molecule is CC(C)(C)c1ccccc1O/C(F)=C(\F)Oc1ccc(Br)cc1. The number of ether oxygens (including phenoxy) is 2. The topological polar surface area (TPSA) is 18.5 Å². The molecule has 0 aliphatic carbocycles. The molecular weight excluding hydrogens is 366 g/mol. The van der Waals surface area contributed by atoms with Crippen LogP contribution >= 0.6 is 15.9 Å². The van der Waals surface area contributed by atoms with Crippen LogP contribution in [0.1, 0.15) is 26.3 Å². The number of halogens is 3. The second-order valence-corrected chi connectivity index (χ2v) is 6.87. The highest BCUT2D eigenvalue weighted by Gasteiger charge is 2.21. The van der Waals surface area contributed by atoms with Crippen LogP contribution in [0, 0.1) is 0 Å². The first kappa shape index (κ1) is 17.5. The molecule has 0 N–H and O–H groups in total. The van der Waals surface area contributed by atoms with Crippen LogP contribution in [-0.2, 0) is 5.41 Å². The van der Waals surface area contributed by atoms with Crippen LogP contribution in [0.15, 0.2) is 65.0 Å². The molecule has 0 aliphatic rings. The van der Waals surface area contributed by atoms with Crippen molar-refractivity contribution in [2.24, 2.45) is 0 Å². The van der Waals surface area contributed by atoms with Crippen molar-refractivity contribution in [2.45, 2.75) is 26.2 Å². The lowest BCUT2D eigenvalue weighted by atomic mass is 9.86. The van der Waals surface area contributed by atoms with Gasteiger partial charge in [-0.2, -0.15) is 8.78 Å². The summed E-state index contributed by atoms with van der Waals surface area (Å²) in [6, 6.07) is 10.4. The summed E-state index contributed by atoms with van der Waals surface area (Å²) >= 11 is 3.25. The zero-order valence-corrected chi connectivity index (χ0v) is 14.7. The van der Waals surface area contributed by atoms with Crippen molar-refractivity contribution < 1.29 is 18.3 Å². The Morgan fingerprint density at radius 1 is 0.870 bits per heavy atom. The van der Waals surface area contributed by atoms with Crippen molar-refractivity contribution in [1.82, 2.24) is 0 Å². The van der Waals surface area contributed by atoms with Crippen molar-refractivity contribution in [3.05, 3.63) is 70.6 Å². The molecule has 0 aromatic heterocycles. The second-order valence-electron chi connectivity index (χ2n) is 5.95. The second kappa shape index (κ2) is 7.13. The van der Waals surface area contributed by atoms with Gasteiger partial charge in [0, 0.05) is 10.0 Å². The van der Waals surface area contributed by atoms with Gasteiger partial charge in [-0.1, -0.05) is 54.9 Å². The fraction of sp³-hybridized carbons (Fsp3) is 0.222. The Bertz CT molecular complexity index is 704. The highest BCUT2D eigenvalue weighted by atomic mass is 79.9. The number of benzene rings is 2. The Balaban J connectivity index is 2.20. The van der Waals surface area contributed by atoms with Crippen LogP contribution in [0.4, 0.5) is 8.78 Å². The minimum Gasteiger partial charge on any atom is -0.427 e. The molecular formula is C18H17BrF2O2. The molecule has 0 amide bonds. The first-order valence-electron chi connectivity index (χ1n) is 7.03. The third-order valence-corrected chi connectivity index (χ3v) is 3.60. The van der Waals surface area contributed by atoms with Crippen LogP contribution in [0.2, 0.25) is 0 Å². The molecule has 2 aromatic carbocycles. The molecule has 0 bridgehead atoms. The Hall–Kier alpha value is -1.88. The Morgan fingerprint density at radius 2 is 1.43 bits per heavy atom. The maximum Gasteiger partial charge on any atom is 0.352 e. The van der Waals surface area contributed by atoms with Gasteiger partial charge >= 0.3 is 12.0 Å². The van der Waals surface area contributed by atoms with Gasteiger partial charge in [-0.3, -0.25) is 0 Å². The first-order valence-corrected chi connectivity index (χ1v) is 7.83. The Morgan fingerprint density at radius 3 is 2.04 bits per heavy atom. The van der Waals surface area contributed by atoms with Gasteiger partial charge in [-0.15, -0.1) is 0 Å². The molecule has 0 saturated carbocycles. The lowest BCUT2D eigenvalue weighted by molar-refractivity contribution is 0.201. The van der Waals surface area contributed by atoms with Gasteiger partial charge in [0.15, 0.2) is 0 Å². The number of hydrogen-bond donors (Lipinski definition) is 0. The van der Waals surface area contributed by atoms with Gasteiger partial charge in [0.1, 0.15) is 11.5 Å². The van der Waals surface area contributed by atoms with Crippen LogP contribution < -0.4 is 9.47 Å². The molecule has 0 heterocycles. The number of rotatable bonds is 4. The lowest BCUT2D eigenvalue weighted by Crippen LogP contribution is -2.13. The van der Waals surface area contributed by atoms with E-state index in [9.17, 15) is 8.78 Å². The Labute approximate surface area is 142 Å². The van der Waals surface area contributed by atoms with Crippen molar-refractivity contribution in [1.29, 1.82) is 0 Å². The van der Waals surface area contributed by atoms with Crippen LogP contribution in [0.3, 0.4) is 0 Å². The third-order valence-electron chi connectivity index (χ3n) is 3.07. The molecule has 0 atom stereocenters. The molecule has 2 aromatic rings. The highest BCUT2D eigenvalue weighted by Crippen LogP contribution is 2.33. The van der Waals surface area contributed by atoms with Crippen LogP contribution in [0.5, 0.6) is 11.5 Å². The standard InChI is InChI=1S/C18H17BrF2O2/c1-18(2,3)14-6-4-5-7-15(14)23-17(21)16(20)22-13-10-8-12(19)9-11-13/h4-11H,1-3H3/b17-16+. The monoisotopic (exact) mass is 382 g/mol. The summed E-state index contributed by atoms with van der Waals surface area (Å²) in [7, 11) is 0. The summed E-state index contributed by atoms with van der Waals surface area (Å²) in [6.45, 7) is 5.89. The Kier molecular flexibility index (Phi) is 5.42. The predicted octanol–water partition coefficient (Wildman–Crippen LogP) is 6.27. The zero-order chi connectivity index (χ0) is 17.0. The largest absolute Gasteiger partial charge is 0.427 e. The maximum absolute atomic E-state index is 14.0. The molecule has 0 spiro atoms. The van der Waals surface area contributed by atoms with Crippen LogP contribution in [0.25, 0.3) is 0 Å². The summed E-state index contributed by atoms with van der Waals surface area (Å²) in [5, 5.41) is 0. The van der Waals surface area contributed by atoms with E-state index in [2.05, 4.69) is 15.9 Å². The predicted molar refractivity (Wildman–Crippen MR) is 89.8 cm³/mol. The van der Waals surface area contributed by atoms with Crippen molar-refractivity contribution in [3.8, 4) is 11.5 Å². The van der Waals surface area contributed by atoms with E-state index in [0.29, 0.717) is 0 Å². The van der Waals surface area contributed by atoms with E-state index in [4.69, 9.17) is 9.47 Å². The molecule has 2 rings (SSSR count). The molecule has 0 aliphatic heterocycles. The molecule has 0 radical (unpaired) electrons. The maximum atomic E-state index is 14.0. The minimum absolute atomic E-state index is 0.175. The van der Waals surface area contributed by atoms with Gasteiger partial charge in [0.25, 0.3) is 0 Å². The quantitative estimate of drug-likeness (QED) is 0.580. The molecule has 5 heteroatoms. The average Bonchev–Trinajstić information content (AvgIpc) is 2.49. The number of hydrogen-bond acceptors (Lipinski definition) is 2. The summed E-state index contributed by atoms with van der Waals surface area (Å²) in [5.41, 5.74) is 0.506. The molecule has 0 saturated heterocycles. The third kappa shape index (κ3) is 4.79. The van der Waals surface area contributed by atoms with E-state index in [1.165, 1.54) is 12.1 Å². The summed E-state index contributed by atoms with van der Waals surface area (Å²) in [5.74, 6) is 0.431. The van der Waals surface area contributed by atoms with Crippen molar-refractivity contribution >= 4 is 15.9 Å². The number of para-hydroxylation sites is 1. The lowest BCUT2D eigenvalue weighted by Gasteiger charge is -2.21. The van der Waals surface area contributed by atoms with E-state index in [0.717, 1.165) is 10.0 Å². The molecule has 23 heavy (non-hydrogen) atoms. The van der Waals surface area contributed by atoms with Gasteiger partial charge in [-0.05, 0) is 35.7 Å². The zero-order valence-electron chi connectivity index (χ0n) is 13.1. The van der Waals surface area contributed by atoms with E-state index >= 15 is 0 Å². The van der Waals surface area contributed by atoms with Crippen molar-refractivity contribution in [2.75, 3.05) is 0 Å². The molecule has 0 unspecified atom stereocenters. The average molecular weight is 383 g/mol. The summed E-state index contributed by atoms with van der Waals surface area (Å²) in [6.07, 6.45) is 0. The smallest absolute Gasteiger partial charge is 0.352 e. The highest BCUT2D eigenvalue weighted by molar-refractivity contribution is 9.10. The molecule has 122 valence electrons. The molecule has 2 nitrogen and oxygen atoms in total. The van der Waals surface area contributed by atoms with E-state index in [1.54, 1.807) is 24.3 Å². The van der Waals surface area contributed by atoms with E-state index in [1.807, 2.05) is 32.9 Å². The first-order chi connectivity index (χ1) is 10.8. The van der Waals surface area contributed by atoms with E-state index in [-0.39, 0.29) is 16.9 Å². The van der Waals surface area contributed by atoms with E-state index < -0.39 is 12.0 Å². The van der Waals surface area contributed by atoms with Crippen molar-refractivity contribution in [3.63, 3.8) is 0 Å².